The van der Waals surface area contributed by atoms with Crippen molar-refractivity contribution in [3.63, 3.8) is 0 Å². The van der Waals surface area contributed by atoms with Gasteiger partial charge in [-0.3, -0.25) is 4.79 Å². The molecule has 0 spiro atoms. The second-order valence-electron chi connectivity index (χ2n) is 6.10. The fourth-order valence-electron chi connectivity index (χ4n) is 2.41. The minimum atomic E-state index is -4.23. The van der Waals surface area contributed by atoms with Crippen molar-refractivity contribution in [1.82, 2.24) is 5.32 Å². The van der Waals surface area contributed by atoms with Gasteiger partial charge in [0.25, 0.3) is 0 Å². The molecule has 0 saturated heterocycles. The Balaban J connectivity index is 2.51. The third-order valence-corrected chi connectivity index (χ3v) is 3.53. The highest BCUT2D eigenvalue weighted by Crippen LogP contribution is 2.37. The number of halogens is 3. The van der Waals surface area contributed by atoms with Crippen LogP contribution in [-0.2, 0) is 4.79 Å². The monoisotopic (exact) mass is 280 g/mol. The molecular formula is C13H23F3N2O. The van der Waals surface area contributed by atoms with Crippen molar-refractivity contribution in [2.24, 2.45) is 11.7 Å². The predicted octanol–water partition coefficient (Wildman–Crippen LogP) is 2.74. The number of hydrogen-bond acceptors (Lipinski definition) is 2. The van der Waals surface area contributed by atoms with Crippen LogP contribution in [0.25, 0.3) is 0 Å². The minimum absolute atomic E-state index is 0.108. The number of nitrogens with one attached hydrogen (secondary N) is 1. The van der Waals surface area contributed by atoms with E-state index in [0.29, 0.717) is 19.3 Å². The molecule has 2 unspecified atom stereocenters. The highest BCUT2D eigenvalue weighted by Gasteiger charge is 2.45. The van der Waals surface area contributed by atoms with Gasteiger partial charge in [0.15, 0.2) is 0 Å². The number of hydrogen-bond donors (Lipinski definition) is 2. The molecule has 1 amide bonds. The van der Waals surface area contributed by atoms with Gasteiger partial charge in [-0.05, 0) is 33.1 Å². The third-order valence-electron chi connectivity index (χ3n) is 3.53. The van der Waals surface area contributed by atoms with Crippen LogP contribution in [0.1, 0.15) is 52.4 Å². The summed E-state index contributed by atoms with van der Waals surface area (Å²) >= 11 is 0. The van der Waals surface area contributed by atoms with Crippen molar-refractivity contribution >= 4 is 5.91 Å². The molecule has 1 aliphatic rings. The fourth-order valence-corrected chi connectivity index (χ4v) is 2.41. The Hall–Kier alpha value is -0.780. The number of carbonyl (C=O) groups is 1. The van der Waals surface area contributed by atoms with Gasteiger partial charge in [0.1, 0.15) is 0 Å². The molecule has 0 aliphatic heterocycles. The SMILES string of the molecule is CC(C)(N)CCC(=O)NC1CCCCC1C(F)(F)F. The quantitative estimate of drug-likeness (QED) is 0.832. The molecule has 2 atom stereocenters. The van der Waals surface area contributed by atoms with Crippen molar-refractivity contribution in [2.45, 2.75) is 70.1 Å². The summed E-state index contributed by atoms with van der Waals surface area (Å²) < 4.78 is 38.5. The van der Waals surface area contributed by atoms with Crippen molar-refractivity contribution in [1.29, 1.82) is 0 Å². The van der Waals surface area contributed by atoms with Gasteiger partial charge in [0.2, 0.25) is 5.91 Å². The Morgan fingerprint density at radius 1 is 1.26 bits per heavy atom. The maximum atomic E-state index is 12.8. The maximum absolute atomic E-state index is 12.8. The van der Waals surface area contributed by atoms with Crippen LogP contribution in [0.5, 0.6) is 0 Å². The molecule has 1 aliphatic carbocycles. The molecule has 0 aromatic carbocycles. The normalized spacial score (nSPS) is 25.2. The van der Waals surface area contributed by atoms with E-state index in [2.05, 4.69) is 5.32 Å². The largest absolute Gasteiger partial charge is 0.393 e. The van der Waals surface area contributed by atoms with Crippen molar-refractivity contribution in [2.75, 3.05) is 0 Å². The highest BCUT2D eigenvalue weighted by atomic mass is 19.4. The molecule has 0 aromatic rings. The lowest BCUT2D eigenvalue weighted by molar-refractivity contribution is -0.189. The Kier molecular flexibility index (Phi) is 5.24. The minimum Gasteiger partial charge on any atom is -0.353 e. The van der Waals surface area contributed by atoms with Crippen molar-refractivity contribution in [3.05, 3.63) is 0 Å². The van der Waals surface area contributed by atoms with Gasteiger partial charge in [-0.1, -0.05) is 12.8 Å². The molecule has 1 saturated carbocycles. The molecule has 6 heteroatoms. The van der Waals surface area contributed by atoms with E-state index in [1.807, 2.05) is 0 Å². The summed E-state index contributed by atoms with van der Waals surface area (Å²) in [4.78, 5) is 11.7. The van der Waals surface area contributed by atoms with Crippen LogP contribution in [0.3, 0.4) is 0 Å². The molecule has 1 fully saturated rings. The van der Waals surface area contributed by atoms with E-state index in [0.717, 1.165) is 6.42 Å². The van der Waals surface area contributed by atoms with E-state index in [-0.39, 0.29) is 18.7 Å². The second kappa shape index (κ2) is 6.11. The summed E-state index contributed by atoms with van der Waals surface area (Å²) in [6.45, 7) is 3.58. The van der Waals surface area contributed by atoms with Gasteiger partial charge in [-0.15, -0.1) is 0 Å². The lowest BCUT2D eigenvalue weighted by Gasteiger charge is -2.33. The molecule has 19 heavy (non-hydrogen) atoms. The number of alkyl halides is 3. The van der Waals surface area contributed by atoms with Gasteiger partial charge >= 0.3 is 6.18 Å². The van der Waals surface area contributed by atoms with Crippen LogP contribution in [-0.4, -0.2) is 23.7 Å². The average Bonchev–Trinajstić information content (AvgIpc) is 2.25. The van der Waals surface area contributed by atoms with Gasteiger partial charge in [0.05, 0.1) is 5.92 Å². The first-order valence-electron chi connectivity index (χ1n) is 6.74. The average molecular weight is 280 g/mol. The van der Waals surface area contributed by atoms with Crippen LogP contribution >= 0.6 is 0 Å². The second-order valence-corrected chi connectivity index (χ2v) is 6.10. The third kappa shape index (κ3) is 5.80. The van der Waals surface area contributed by atoms with E-state index < -0.39 is 23.7 Å². The summed E-state index contributed by atoms with van der Waals surface area (Å²) in [5, 5.41) is 2.53. The molecule has 112 valence electrons. The molecule has 0 heterocycles. The number of carbonyl (C=O) groups excluding carboxylic acids is 1. The first kappa shape index (κ1) is 16.3. The van der Waals surface area contributed by atoms with Crippen LogP contribution in [0.4, 0.5) is 13.2 Å². The summed E-state index contributed by atoms with van der Waals surface area (Å²) in [6, 6.07) is -0.776. The molecular weight excluding hydrogens is 257 g/mol. The molecule has 3 N–H and O–H groups in total. The zero-order valence-electron chi connectivity index (χ0n) is 11.5. The Labute approximate surface area is 112 Å². The summed E-state index contributed by atoms with van der Waals surface area (Å²) in [7, 11) is 0. The zero-order valence-corrected chi connectivity index (χ0v) is 11.5. The van der Waals surface area contributed by atoms with Crippen LogP contribution in [0.15, 0.2) is 0 Å². The van der Waals surface area contributed by atoms with E-state index in [1.54, 1.807) is 13.8 Å². The molecule has 1 rings (SSSR count). The molecule has 0 bridgehead atoms. The number of rotatable bonds is 4. The van der Waals surface area contributed by atoms with E-state index in [4.69, 9.17) is 5.73 Å². The number of nitrogens with two attached hydrogens (primary N) is 1. The summed E-state index contributed by atoms with van der Waals surface area (Å²) in [6.07, 6.45) is -1.77. The first-order valence-corrected chi connectivity index (χ1v) is 6.74. The molecule has 3 nitrogen and oxygen atoms in total. The standard InChI is InChI=1S/C13H23F3N2O/c1-12(2,17)8-7-11(19)18-10-6-4-3-5-9(10)13(14,15)16/h9-10H,3-8,17H2,1-2H3,(H,18,19). The summed E-state index contributed by atoms with van der Waals surface area (Å²) in [5.41, 5.74) is 5.27. The smallest absolute Gasteiger partial charge is 0.353 e. The van der Waals surface area contributed by atoms with E-state index >= 15 is 0 Å². The topological polar surface area (TPSA) is 55.1 Å². The van der Waals surface area contributed by atoms with Crippen molar-refractivity contribution < 1.29 is 18.0 Å². The van der Waals surface area contributed by atoms with E-state index in [9.17, 15) is 18.0 Å². The van der Waals surface area contributed by atoms with Crippen LogP contribution in [0, 0.1) is 5.92 Å². The Morgan fingerprint density at radius 3 is 2.37 bits per heavy atom. The van der Waals surface area contributed by atoms with Gasteiger partial charge < -0.3 is 11.1 Å². The Bertz CT molecular complexity index is 310. The number of amides is 1. The molecule has 0 aromatic heterocycles. The summed E-state index contributed by atoms with van der Waals surface area (Å²) in [5.74, 6) is -1.74. The van der Waals surface area contributed by atoms with E-state index in [1.165, 1.54) is 0 Å². The first-order chi connectivity index (χ1) is 8.59. The maximum Gasteiger partial charge on any atom is 0.393 e. The van der Waals surface area contributed by atoms with Gasteiger partial charge in [-0.25, -0.2) is 0 Å². The van der Waals surface area contributed by atoms with Crippen LogP contribution in [0.2, 0.25) is 0 Å². The van der Waals surface area contributed by atoms with Gasteiger partial charge in [0, 0.05) is 18.0 Å². The highest BCUT2D eigenvalue weighted by molar-refractivity contribution is 5.76. The lowest BCUT2D eigenvalue weighted by atomic mass is 9.84. The zero-order chi connectivity index (χ0) is 14.7. The van der Waals surface area contributed by atoms with Crippen LogP contribution < -0.4 is 11.1 Å². The van der Waals surface area contributed by atoms with Gasteiger partial charge in [-0.2, -0.15) is 13.2 Å². The fraction of sp³-hybridized carbons (Fsp3) is 0.923. The molecule has 0 radical (unpaired) electrons. The Morgan fingerprint density at radius 2 is 1.84 bits per heavy atom. The lowest BCUT2D eigenvalue weighted by Crippen LogP contribution is -2.48. The predicted molar refractivity (Wildman–Crippen MR) is 67.4 cm³/mol. The van der Waals surface area contributed by atoms with Crippen molar-refractivity contribution in [3.8, 4) is 0 Å².